The van der Waals surface area contributed by atoms with Crippen LogP contribution in [0.15, 0.2) is 52.3 Å². The number of hydrogen-bond acceptors (Lipinski definition) is 5. The van der Waals surface area contributed by atoms with E-state index in [0.29, 0.717) is 22.2 Å². The summed E-state index contributed by atoms with van der Waals surface area (Å²) in [6.45, 7) is 1.71. The second-order valence-electron chi connectivity index (χ2n) is 6.09. The van der Waals surface area contributed by atoms with Crippen molar-refractivity contribution in [1.82, 2.24) is 14.9 Å². The summed E-state index contributed by atoms with van der Waals surface area (Å²) in [6, 6.07) is 8.63. The molecule has 0 saturated carbocycles. The molecule has 2 aromatic heterocycles. The van der Waals surface area contributed by atoms with Crippen molar-refractivity contribution in [2.75, 3.05) is 11.9 Å². The lowest BCUT2D eigenvalue weighted by molar-refractivity contribution is -0.115. The molecule has 0 bridgehead atoms. The number of carbonyl (C=O) groups is 2. The third-order valence-corrected chi connectivity index (χ3v) is 5.21. The molecule has 0 unspecified atom stereocenters. The maximum absolute atomic E-state index is 12.2. The molecule has 0 radical (unpaired) electrons. The van der Waals surface area contributed by atoms with Gasteiger partial charge in [-0.25, -0.2) is 4.98 Å². The normalized spacial score (nSPS) is 10.7. The summed E-state index contributed by atoms with van der Waals surface area (Å²) in [7, 11) is 1.91. The number of thioether (sulfide) groups is 1. The highest BCUT2D eigenvalue weighted by molar-refractivity contribution is 7.98. The van der Waals surface area contributed by atoms with Crippen LogP contribution in [-0.4, -0.2) is 27.9 Å². The first kappa shape index (κ1) is 20.0. The largest absolute Gasteiger partial charge is 0.455 e. The van der Waals surface area contributed by atoms with Gasteiger partial charge in [0.2, 0.25) is 5.91 Å². The van der Waals surface area contributed by atoms with E-state index in [9.17, 15) is 9.59 Å². The number of amides is 2. The molecule has 1 aromatic carbocycles. The zero-order chi connectivity index (χ0) is 20.1. The number of carbonyl (C=O) groups excluding carboxylic acids is 2. The van der Waals surface area contributed by atoms with E-state index < -0.39 is 5.91 Å². The van der Waals surface area contributed by atoms with Crippen molar-refractivity contribution in [3.8, 4) is 0 Å². The lowest BCUT2D eigenvalue weighted by atomic mass is 10.2. The van der Waals surface area contributed by atoms with E-state index in [1.165, 1.54) is 11.8 Å². The van der Waals surface area contributed by atoms with Crippen molar-refractivity contribution in [2.24, 2.45) is 7.05 Å². The highest BCUT2D eigenvalue weighted by Crippen LogP contribution is 2.23. The summed E-state index contributed by atoms with van der Waals surface area (Å²) in [5.74, 6) is 0.505. The quantitative estimate of drug-likeness (QED) is 0.572. The van der Waals surface area contributed by atoms with Crippen LogP contribution < -0.4 is 10.6 Å². The van der Waals surface area contributed by atoms with Crippen LogP contribution in [0.3, 0.4) is 0 Å². The maximum Gasteiger partial charge on any atom is 0.287 e. The minimum absolute atomic E-state index is 0.150. The molecule has 3 aromatic rings. The van der Waals surface area contributed by atoms with Crippen LogP contribution in [0.4, 0.5) is 5.69 Å². The Morgan fingerprint density at radius 1 is 1.29 bits per heavy atom. The van der Waals surface area contributed by atoms with Crippen molar-refractivity contribution in [2.45, 2.75) is 17.8 Å². The number of aromatic nitrogens is 2. The van der Waals surface area contributed by atoms with Crippen LogP contribution in [0.1, 0.15) is 21.9 Å². The third-order valence-electron chi connectivity index (χ3n) is 3.81. The molecule has 7 nitrogen and oxygen atoms in total. The second kappa shape index (κ2) is 8.99. The third kappa shape index (κ3) is 5.17. The number of nitrogens with one attached hydrogen (secondary N) is 2. The molecule has 0 fully saturated rings. The van der Waals surface area contributed by atoms with Crippen LogP contribution in [0, 0.1) is 6.92 Å². The van der Waals surface area contributed by atoms with E-state index in [2.05, 4.69) is 15.6 Å². The van der Waals surface area contributed by atoms with E-state index in [4.69, 9.17) is 16.0 Å². The number of nitrogens with zero attached hydrogens (tertiary/aromatic N) is 2. The number of aryl methyl sites for hydroxylation is 2. The molecular weight excluding hydrogens is 400 g/mol. The average Bonchev–Trinajstić information content (AvgIpc) is 3.29. The molecule has 0 spiro atoms. The van der Waals surface area contributed by atoms with Crippen LogP contribution in [-0.2, 0) is 17.6 Å². The van der Waals surface area contributed by atoms with Crippen molar-refractivity contribution in [3.63, 3.8) is 0 Å². The highest BCUT2D eigenvalue weighted by atomic mass is 35.5. The van der Waals surface area contributed by atoms with Gasteiger partial charge in [-0.15, -0.1) is 0 Å². The molecule has 0 aliphatic rings. The average molecular weight is 419 g/mol. The monoisotopic (exact) mass is 418 g/mol. The maximum atomic E-state index is 12.2. The molecule has 28 heavy (non-hydrogen) atoms. The minimum atomic E-state index is -0.460. The zero-order valence-corrected chi connectivity index (χ0v) is 16.9. The Morgan fingerprint density at radius 3 is 2.82 bits per heavy atom. The van der Waals surface area contributed by atoms with Gasteiger partial charge in [-0.3, -0.25) is 9.59 Å². The van der Waals surface area contributed by atoms with Gasteiger partial charge in [-0.05, 0) is 36.8 Å². The van der Waals surface area contributed by atoms with Crippen LogP contribution in [0.25, 0.3) is 0 Å². The summed E-state index contributed by atoms with van der Waals surface area (Å²) in [5.41, 5.74) is 1.49. The SMILES string of the molecule is Cc1ccc(NC(=O)CNC(=O)c2ccc(CSc3nccn3C)o2)c(Cl)c1. The number of benzene rings is 1. The van der Waals surface area contributed by atoms with Gasteiger partial charge >= 0.3 is 0 Å². The number of rotatable bonds is 7. The van der Waals surface area contributed by atoms with Crippen molar-refractivity contribution >= 4 is 40.9 Å². The Bertz CT molecular complexity index is 999. The summed E-state index contributed by atoms with van der Waals surface area (Å²) in [4.78, 5) is 28.4. The van der Waals surface area contributed by atoms with Crippen LogP contribution >= 0.6 is 23.4 Å². The fourth-order valence-corrected chi connectivity index (χ4v) is 3.48. The molecule has 3 rings (SSSR count). The van der Waals surface area contributed by atoms with Gasteiger partial charge in [-0.1, -0.05) is 29.4 Å². The molecule has 9 heteroatoms. The lowest BCUT2D eigenvalue weighted by Crippen LogP contribution is -2.32. The molecule has 0 aliphatic heterocycles. The number of imidazole rings is 1. The Kier molecular flexibility index (Phi) is 6.43. The van der Waals surface area contributed by atoms with E-state index in [1.807, 2.05) is 30.8 Å². The second-order valence-corrected chi connectivity index (χ2v) is 7.44. The van der Waals surface area contributed by atoms with Gasteiger partial charge in [0.25, 0.3) is 5.91 Å². The summed E-state index contributed by atoms with van der Waals surface area (Å²) >= 11 is 7.59. The fourth-order valence-electron chi connectivity index (χ4n) is 2.37. The molecule has 2 amide bonds. The van der Waals surface area contributed by atoms with Crippen molar-refractivity contribution in [1.29, 1.82) is 0 Å². The smallest absolute Gasteiger partial charge is 0.287 e. The number of halogens is 1. The Balaban J connectivity index is 1.48. The predicted molar refractivity (Wildman–Crippen MR) is 109 cm³/mol. The fraction of sp³-hybridized carbons (Fsp3) is 0.211. The first-order valence-electron chi connectivity index (χ1n) is 8.45. The number of furan rings is 1. The van der Waals surface area contributed by atoms with Crippen LogP contribution in [0.5, 0.6) is 0 Å². The Labute approximate surface area is 171 Å². The molecular formula is C19H19ClN4O3S. The van der Waals surface area contributed by atoms with E-state index >= 15 is 0 Å². The topological polar surface area (TPSA) is 89.2 Å². The number of hydrogen-bond donors (Lipinski definition) is 2. The van der Waals surface area contributed by atoms with E-state index in [-0.39, 0.29) is 18.2 Å². The first-order valence-corrected chi connectivity index (χ1v) is 9.82. The molecule has 0 atom stereocenters. The van der Waals surface area contributed by atoms with Gasteiger partial charge in [0, 0.05) is 19.4 Å². The standard InChI is InChI=1S/C19H19ClN4O3S/c1-12-3-5-15(14(20)9-12)23-17(25)10-22-18(26)16-6-4-13(27-16)11-28-19-21-7-8-24(19)2/h3-9H,10-11H2,1-2H3,(H,22,26)(H,23,25). The highest BCUT2D eigenvalue weighted by Gasteiger charge is 2.14. The summed E-state index contributed by atoms with van der Waals surface area (Å²) in [6.07, 6.45) is 3.58. The van der Waals surface area contributed by atoms with E-state index in [1.54, 1.807) is 30.5 Å². The van der Waals surface area contributed by atoms with Crippen LogP contribution in [0.2, 0.25) is 5.02 Å². The summed E-state index contributed by atoms with van der Waals surface area (Å²) in [5, 5.41) is 6.49. The number of anilines is 1. The van der Waals surface area contributed by atoms with Gasteiger partial charge < -0.3 is 19.6 Å². The molecule has 146 valence electrons. The molecule has 2 N–H and O–H groups in total. The van der Waals surface area contributed by atoms with Crippen molar-refractivity contribution < 1.29 is 14.0 Å². The van der Waals surface area contributed by atoms with Crippen molar-refractivity contribution in [3.05, 3.63) is 64.8 Å². The Morgan fingerprint density at radius 2 is 2.11 bits per heavy atom. The van der Waals surface area contributed by atoms with Gasteiger partial charge in [0.1, 0.15) is 5.76 Å². The van der Waals surface area contributed by atoms with Gasteiger partial charge in [0.05, 0.1) is 23.0 Å². The first-order chi connectivity index (χ1) is 13.4. The molecule has 2 heterocycles. The summed E-state index contributed by atoms with van der Waals surface area (Å²) < 4.78 is 7.45. The minimum Gasteiger partial charge on any atom is -0.455 e. The van der Waals surface area contributed by atoms with Gasteiger partial charge in [0.15, 0.2) is 10.9 Å². The zero-order valence-electron chi connectivity index (χ0n) is 15.4. The molecule has 0 aliphatic carbocycles. The molecule has 0 saturated heterocycles. The van der Waals surface area contributed by atoms with Gasteiger partial charge in [-0.2, -0.15) is 0 Å². The lowest BCUT2D eigenvalue weighted by Gasteiger charge is -2.08. The Hall–Kier alpha value is -2.71. The predicted octanol–water partition coefficient (Wildman–Crippen LogP) is 3.64. The van der Waals surface area contributed by atoms with E-state index in [0.717, 1.165) is 10.7 Å².